The number of anilines is 2. The Labute approximate surface area is 187 Å². The van der Waals surface area contributed by atoms with E-state index in [0.717, 1.165) is 41.4 Å². The molecule has 0 saturated carbocycles. The van der Waals surface area contributed by atoms with Crippen molar-refractivity contribution in [3.8, 4) is 11.3 Å². The molecule has 7 heteroatoms. The second-order valence-corrected chi connectivity index (χ2v) is 8.81. The average Bonchev–Trinajstić information content (AvgIpc) is 3.08. The predicted octanol–water partition coefficient (Wildman–Crippen LogP) is 5.34. The van der Waals surface area contributed by atoms with Crippen molar-refractivity contribution >= 4 is 11.5 Å². The van der Waals surface area contributed by atoms with Crippen LogP contribution in [0.4, 0.5) is 20.3 Å². The van der Waals surface area contributed by atoms with E-state index in [1.54, 1.807) is 0 Å². The summed E-state index contributed by atoms with van der Waals surface area (Å²) < 4.78 is 30.8. The van der Waals surface area contributed by atoms with Gasteiger partial charge in [-0.15, -0.1) is 0 Å². The highest BCUT2D eigenvalue weighted by atomic mass is 19.1. The van der Waals surface area contributed by atoms with Crippen molar-refractivity contribution in [1.82, 2.24) is 14.5 Å². The lowest BCUT2D eigenvalue weighted by atomic mass is 10.00. The van der Waals surface area contributed by atoms with Gasteiger partial charge in [-0.1, -0.05) is 23.8 Å². The highest BCUT2D eigenvalue weighted by molar-refractivity contribution is 5.77. The maximum Gasteiger partial charge on any atom is 0.139 e. The Morgan fingerprint density at radius 1 is 1.12 bits per heavy atom. The first-order valence-corrected chi connectivity index (χ1v) is 10.8. The molecule has 0 unspecified atom stereocenters. The van der Waals surface area contributed by atoms with E-state index in [-0.39, 0.29) is 5.56 Å². The lowest BCUT2D eigenvalue weighted by molar-refractivity contribution is 0.241. The molecule has 0 aliphatic carbocycles. The minimum absolute atomic E-state index is 0.137. The van der Waals surface area contributed by atoms with Crippen molar-refractivity contribution in [2.75, 3.05) is 11.9 Å². The van der Waals surface area contributed by atoms with Crippen LogP contribution in [-0.2, 0) is 13.1 Å². The second-order valence-electron chi connectivity index (χ2n) is 8.81. The molecule has 0 fully saturated rings. The topological polar surface area (TPSA) is 59.1 Å². The number of hydrogen-bond donors (Lipinski definition) is 2. The maximum absolute atomic E-state index is 14.7. The summed E-state index contributed by atoms with van der Waals surface area (Å²) in [7, 11) is 0. The Kier molecular flexibility index (Phi) is 5.77. The number of fused-ring (bicyclic) bond motifs is 1. The third kappa shape index (κ3) is 4.25. The quantitative estimate of drug-likeness (QED) is 0.566. The van der Waals surface area contributed by atoms with Crippen molar-refractivity contribution in [3.05, 3.63) is 77.3 Å². The molecule has 32 heavy (non-hydrogen) atoms. The van der Waals surface area contributed by atoms with Crippen LogP contribution in [0, 0.1) is 18.6 Å². The molecule has 0 amide bonds. The Morgan fingerprint density at radius 2 is 1.84 bits per heavy atom. The number of benzene rings is 2. The normalized spacial score (nSPS) is 14.5. The van der Waals surface area contributed by atoms with Crippen LogP contribution in [0.15, 0.2) is 54.2 Å². The molecule has 2 aromatic carbocycles. The monoisotopic (exact) mass is 437 g/mol. The van der Waals surface area contributed by atoms with Gasteiger partial charge >= 0.3 is 0 Å². The molecule has 5 nitrogen and oxygen atoms in total. The van der Waals surface area contributed by atoms with Gasteiger partial charge < -0.3 is 20.5 Å². The van der Waals surface area contributed by atoms with E-state index in [0.29, 0.717) is 24.6 Å². The van der Waals surface area contributed by atoms with Crippen molar-refractivity contribution in [2.24, 2.45) is 5.73 Å². The fourth-order valence-corrected chi connectivity index (χ4v) is 4.27. The summed E-state index contributed by atoms with van der Waals surface area (Å²) in [5, 5.41) is 3.39. The van der Waals surface area contributed by atoms with Crippen molar-refractivity contribution in [3.63, 3.8) is 0 Å². The molecular formula is C25H29F2N5. The number of rotatable bonds is 5. The first kappa shape index (κ1) is 22.0. The lowest BCUT2D eigenvalue weighted by Gasteiger charge is -2.37. The van der Waals surface area contributed by atoms with Gasteiger partial charge in [0.25, 0.3) is 0 Å². The van der Waals surface area contributed by atoms with Crippen molar-refractivity contribution in [1.29, 1.82) is 0 Å². The number of allylic oxidation sites excluding steroid dienone is 1. The molecule has 1 aromatic heterocycles. The third-order valence-corrected chi connectivity index (χ3v) is 5.74. The van der Waals surface area contributed by atoms with Crippen LogP contribution in [-0.4, -0.2) is 26.5 Å². The zero-order valence-corrected chi connectivity index (χ0v) is 18.9. The van der Waals surface area contributed by atoms with E-state index < -0.39 is 17.2 Å². The SMILES string of the molecule is CC=C(N1CCn2c(nc(-c3cc(F)ccc3F)c2Nc2ccc(C)cc2)C1)C(C)(C)N. The number of halogens is 2. The van der Waals surface area contributed by atoms with Crippen molar-refractivity contribution in [2.45, 2.75) is 46.3 Å². The van der Waals surface area contributed by atoms with Gasteiger partial charge in [-0.25, -0.2) is 13.8 Å². The zero-order valence-electron chi connectivity index (χ0n) is 18.9. The van der Waals surface area contributed by atoms with Crippen LogP contribution >= 0.6 is 0 Å². The van der Waals surface area contributed by atoms with Crippen LogP contribution in [0.25, 0.3) is 11.3 Å². The van der Waals surface area contributed by atoms with Crippen LogP contribution < -0.4 is 11.1 Å². The molecular weight excluding hydrogens is 408 g/mol. The molecule has 2 heterocycles. The van der Waals surface area contributed by atoms with Crippen molar-refractivity contribution < 1.29 is 8.78 Å². The third-order valence-electron chi connectivity index (χ3n) is 5.74. The molecule has 168 valence electrons. The second kappa shape index (κ2) is 8.39. The lowest BCUT2D eigenvalue weighted by Crippen LogP contribution is -2.45. The molecule has 0 bridgehead atoms. The first-order chi connectivity index (χ1) is 15.2. The zero-order chi connectivity index (χ0) is 23.0. The number of nitrogens with zero attached hydrogens (tertiary/aromatic N) is 3. The fourth-order valence-electron chi connectivity index (χ4n) is 4.27. The summed E-state index contributed by atoms with van der Waals surface area (Å²) in [5.41, 5.74) is 9.44. The van der Waals surface area contributed by atoms with Gasteiger partial charge in [0.15, 0.2) is 0 Å². The molecule has 0 saturated heterocycles. The summed E-state index contributed by atoms with van der Waals surface area (Å²) in [6.07, 6.45) is 2.03. The fraction of sp³-hybridized carbons (Fsp3) is 0.320. The molecule has 0 radical (unpaired) electrons. The number of nitrogens with one attached hydrogen (secondary N) is 1. The Bertz CT molecular complexity index is 1160. The van der Waals surface area contributed by atoms with Gasteiger partial charge in [0.05, 0.1) is 6.54 Å². The summed E-state index contributed by atoms with van der Waals surface area (Å²) >= 11 is 0. The Balaban J connectivity index is 1.80. The van der Waals surface area contributed by atoms with Crippen LogP contribution in [0.5, 0.6) is 0 Å². The highest BCUT2D eigenvalue weighted by Gasteiger charge is 2.30. The van der Waals surface area contributed by atoms with Gasteiger partial charge in [0.2, 0.25) is 0 Å². The summed E-state index contributed by atoms with van der Waals surface area (Å²) in [5.74, 6) is 0.412. The Morgan fingerprint density at radius 3 is 2.50 bits per heavy atom. The summed E-state index contributed by atoms with van der Waals surface area (Å²) in [6.45, 7) is 9.84. The smallest absolute Gasteiger partial charge is 0.139 e. The van der Waals surface area contributed by atoms with E-state index in [4.69, 9.17) is 10.7 Å². The van der Waals surface area contributed by atoms with Gasteiger partial charge in [-0.05, 0) is 58.0 Å². The standard InChI is InChI=1S/C25H29F2N5/c1-5-21(25(3,4)28)31-12-13-32-22(15-31)30-23(19-14-17(26)8-11-20(19)27)24(32)29-18-9-6-16(2)7-10-18/h5-11,14,29H,12-13,15,28H2,1-4H3. The molecule has 4 rings (SSSR count). The van der Waals surface area contributed by atoms with E-state index in [1.165, 1.54) is 6.07 Å². The van der Waals surface area contributed by atoms with Gasteiger partial charge in [0, 0.05) is 35.6 Å². The molecule has 0 spiro atoms. The predicted molar refractivity (Wildman–Crippen MR) is 124 cm³/mol. The molecule has 3 aromatic rings. The van der Waals surface area contributed by atoms with Gasteiger partial charge in [0.1, 0.15) is 29.0 Å². The number of nitrogens with two attached hydrogens (primary N) is 1. The van der Waals surface area contributed by atoms with Crippen LogP contribution in [0.1, 0.15) is 32.2 Å². The summed E-state index contributed by atoms with van der Waals surface area (Å²) in [6, 6.07) is 11.4. The van der Waals surface area contributed by atoms with Gasteiger partial charge in [-0.3, -0.25) is 0 Å². The molecule has 0 atom stereocenters. The van der Waals surface area contributed by atoms with Crippen LogP contribution in [0.2, 0.25) is 0 Å². The van der Waals surface area contributed by atoms with E-state index in [1.807, 2.05) is 62.6 Å². The maximum atomic E-state index is 14.7. The molecule has 1 aliphatic heterocycles. The largest absolute Gasteiger partial charge is 0.364 e. The average molecular weight is 438 g/mol. The van der Waals surface area contributed by atoms with Crippen LogP contribution in [0.3, 0.4) is 0 Å². The first-order valence-electron chi connectivity index (χ1n) is 10.8. The number of hydrogen-bond acceptors (Lipinski definition) is 4. The van der Waals surface area contributed by atoms with E-state index >= 15 is 0 Å². The number of imidazole rings is 1. The van der Waals surface area contributed by atoms with E-state index in [9.17, 15) is 8.78 Å². The minimum Gasteiger partial charge on any atom is -0.364 e. The number of aromatic nitrogens is 2. The van der Waals surface area contributed by atoms with E-state index in [2.05, 4.69) is 10.2 Å². The minimum atomic E-state index is -0.511. The highest BCUT2D eigenvalue weighted by Crippen LogP contribution is 2.36. The molecule has 3 N–H and O–H groups in total. The number of aryl methyl sites for hydroxylation is 1. The molecule has 1 aliphatic rings. The Hall–Kier alpha value is -3.19. The van der Waals surface area contributed by atoms with Gasteiger partial charge in [-0.2, -0.15) is 0 Å². The summed E-state index contributed by atoms with van der Waals surface area (Å²) in [4.78, 5) is 6.97.